The van der Waals surface area contributed by atoms with Crippen molar-refractivity contribution in [3.63, 3.8) is 0 Å². The number of anilines is 3. The molecule has 0 saturated carbocycles. The molecule has 0 saturated heterocycles. The summed E-state index contributed by atoms with van der Waals surface area (Å²) in [4.78, 5) is 22.7. The van der Waals surface area contributed by atoms with Crippen molar-refractivity contribution in [2.24, 2.45) is 4.99 Å². The zero-order valence-corrected chi connectivity index (χ0v) is 16.2. The van der Waals surface area contributed by atoms with Gasteiger partial charge in [-0.1, -0.05) is 12.1 Å². The fraction of sp³-hybridized carbons (Fsp3) is 0.250. The van der Waals surface area contributed by atoms with Crippen LogP contribution in [0.4, 0.5) is 17.1 Å². The number of rotatable bonds is 5. The normalized spacial score (nSPS) is 13.8. The molecule has 1 amide bonds. The summed E-state index contributed by atoms with van der Waals surface area (Å²) in [6.45, 7) is 0. The number of hydrogen-bond donors (Lipinski definition) is 0. The second-order valence-corrected chi connectivity index (χ2v) is 7.00. The van der Waals surface area contributed by atoms with Crippen molar-refractivity contribution in [1.29, 1.82) is 0 Å². The van der Waals surface area contributed by atoms with E-state index >= 15 is 0 Å². The number of thiocarbonyl (C=S) groups is 1. The largest absolute Gasteiger partial charge is 0.378 e. The Bertz CT molecular complexity index is 854. The number of carbonyl (C=O) groups is 1. The van der Waals surface area contributed by atoms with Gasteiger partial charge in [0.25, 0.3) is 5.91 Å². The lowest BCUT2D eigenvalue weighted by Crippen LogP contribution is -2.33. The smallest absolute Gasteiger partial charge is 0.279 e. The van der Waals surface area contributed by atoms with Gasteiger partial charge in [-0.05, 0) is 54.2 Å². The molecule has 0 aliphatic carbocycles. The van der Waals surface area contributed by atoms with E-state index in [2.05, 4.69) is 4.99 Å². The molecule has 2 aromatic carbocycles. The second-order valence-electron chi connectivity index (χ2n) is 6.63. The summed E-state index contributed by atoms with van der Waals surface area (Å²) in [7, 11) is 7.95. The van der Waals surface area contributed by atoms with E-state index in [1.165, 1.54) is 4.90 Å². The third kappa shape index (κ3) is 3.60. The highest BCUT2D eigenvalue weighted by Gasteiger charge is 2.31. The molecule has 0 N–H and O–H groups in total. The molecule has 6 heteroatoms. The molecule has 1 aliphatic heterocycles. The predicted octanol–water partition coefficient (Wildman–Crippen LogP) is 3.13. The molecular weight excluding hydrogens is 344 g/mol. The van der Waals surface area contributed by atoms with Gasteiger partial charge >= 0.3 is 0 Å². The van der Waals surface area contributed by atoms with Gasteiger partial charge in [0.1, 0.15) is 5.71 Å². The van der Waals surface area contributed by atoms with Crippen LogP contribution in [0.15, 0.2) is 53.5 Å². The quantitative estimate of drug-likeness (QED) is 0.762. The lowest BCUT2D eigenvalue weighted by Gasteiger charge is -2.17. The van der Waals surface area contributed by atoms with Crippen LogP contribution in [0.25, 0.3) is 0 Å². The maximum Gasteiger partial charge on any atom is 0.279 e. The van der Waals surface area contributed by atoms with E-state index in [-0.39, 0.29) is 5.91 Å². The average Bonchev–Trinajstić information content (AvgIpc) is 2.89. The highest BCUT2D eigenvalue weighted by atomic mass is 32.1. The van der Waals surface area contributed by atoms with Crippen molar-refractivity contribution >= 4 is 46.0 Å². The van der Waals surface area contributed by atoms with Crippen LogP contribution in [0.1, 0.15) is 5.56 Å². The lowest BCUT2D eigenvalue weighted by atomic mass is 10.1. The number of aliphatic imine (C=N–C) groups is 1. The van der Waals surface area contributed by atoms with Gasteiger partial charge in [-0.15, -0.1) is 0 Å². The molecule has 3 rings (SSSR count). The fourth-order valence-electron chi connectivity index (χ4n) is 2.78. The zero-order valence-electron chi connectivity index (χ0n) is 15.4. The van der Waals surface area contributed by atoms with Gasteiger partial charge in [0, 0.05) is 46.0 Å². The Hall–Kier alpha value is -2.73. The van der Waals surface area contributed by atoms with Gasteiger partial charge in [-0.25, -0.2) is 4.99 Å². The second kappa shape index (κ2) is 7.25. The van der Waals surface area contributed by atoms with E-state index in [1.54, 1.807) is 0 Å². The molecule has 2 aromatic rings. The summed E-state index contributed by atoms with van der Waals surface area (Å²) in [5.74, 6) is -0.149. The van der Waals surface area contributed by atoms with Crippen LogP contribution >= 0.6 is 12.2 Å². The average molecular weight is 366 g/mol. The van der Waals surface area contributed by atoms with Crippen molar-refractivity contribution in [2.45, 2.75) is 6.42 Å². The van der Waals surface area contributed by atoms with Crippen molar-refractivity contribution in [3.8, 4) is 0 Å². The molecule has 134 valence electrons. The molecule has 26 heavy (non-hydrogen) atoms. The number of benzene rings is 2. The lowest BCUT2D eigenvalue weighted by molar-refractivity contribution is -0.111. The molecular formula is C20H22N4OS. The van der Waals surface area contributed by atoms with Gasteiger partial charge in [0.05, 0.1) is 5.69 Å². The summed E-state index contributed by atoms with van der Waals surface area (Å²) in [6, 6.07) is 15.8. The van der Waals surface area contributed by atoms with Crippen molar-refractivity contribution in [1.82, 2.24) is 0 Å². The summed E-state index contributed by atoms with van der Waals surface area (Å²) >= 11 is 5.33. The highest BCUT2D eigenvalue weighted by molar-refractivity contribution is 7.80. The van der Waals surface area contributed by atoms with Crippen LogP contribution in [0.2, 0.25) is 0 Å². The Morgan fingerprint density at radius 1 is 0.885 bits per heavy atom. The van der Waals surface area contributed by atoms with Crippen molar-refractivity contribution in [2.75, 3.05) is 42.9 Å². The molecule has 0 spiro atoms. The van der Waals surface area contributed by atoms with Crippen LogP contribution in [0.3, 0.4) is 0 Å². The first kappa shape index (κ1) is 18.1. The van der Waals surface area contributed by atoms with Gasteiger partial charge in [0.2, 0.25) is 5.11 Å². The molecule has 0 bridgehead atoms. The number of hydrogen-bond acceptors (Lipinski definition) is 4. The van der Waals surface area contributed by atoms with E-state index in [0.717, 1.165) is 22.6 Å². The van der Waals surface area contributed by atoms with Gasteiger partial charge < -0.3 is 9.80 Å². The number of amides is 1. The van der Waals surface area contributed by atoms with E-state index in [9.17, 15) is 4.79 Å². The van der Waals surface area contributed by atoms with Crippen LogP contribution in [-0.4, -0.2) is 44.9 Å². The van der Waals surface area contributed by atoms with Crippen LogP contribution in [-0.2, 0) is 11.2 Å². The SMILES string of the molecule is CN(C)c1ccc(CC2=NC(=S)N(c3ccc(N(C)C)cc3)C2=O)cc1. The molecule has 0 aromatic heterocycles. The Balaban J connectivity index is 1.76. The zero-order chi connectivity index (χ0) is 18.8. The Labute approximate surface area is 159 Å². The van der Waals surface area contributed by atoms with Gasteiger partial charge in [0.15, 0.2) is 0 Å². The minimum absolute atomic E-state index is 0.149. The summed E-state index contributed by atoms with van der Waals surface area (Å²) in [5, 5.41) is 0.299. The highest BCUT2D eigenvalue weighted by Crippen LogP contribution is 2.24. The minimum atomic E-state index is -0.149. The Kier molecular flexibility index (Phi) is 5.04. The predicted molar refractivity (Wildman–Crippen MR) is 113 cm³/mol. The Morgan fingerprint density at radius 3 is 1.88 bits per heavy atom. The van der Waals surface area contributed by atoms with Gasteiger partial charge in [-0.2, -0.15) is 0 Å². The van der Waals surface area contributed by atoms with E-state index in [0.29, 0.717) is 17.2 Å². The van der Waals surface area contributed by atoms with Crippen LogP contribution in [0, 0.1) is 0 Å². The topological polar surface area (TPSA) is 39.1 Å². The standard InChI is InChI=1S/C20H22N4OS/c1-22(2)15-7-5-14(6-8-15)13-18-19(25)24(20(26)21-18)17-11-9-16(10-12-17)23(3)4/h5-12H,13H2,1-4H3. The van der Waals surface area contributed by atoms with Crippen LogP contribution in [0.5, 0.6) is 0 Å². The first-order chi connectivity index (χ1) is 12.4. The van der Waals surface area contributed by atoms with E-state index in [1.807, 2.05) is 86.5 Å². The van der Waals surface area contributed by atoms with Gasteiger partial charge in [-0.3, -0.25) is 9.69 Å². The molecule has 1 heterocycles. The summed E-state index contributed by atoms with van der Waals surface area (Å²) in [5.41, 5.74) is 4.44. The number of nitrogens with zero attached hydrogens (tertiary/aromatic N) is 4. The number of carbonyl (C=O) groups excluding carboxylic acids is 1. The molecule has 0 radical (unpaired) electrons. The Morgan fingerprint density at radius 2 is 1.38 bits per heavy atom. The maximum atomic E-state index is 12.8. The molecule has 0 unspecified atom stereocenters. The van der Waals surface area contributed by atoms with Crippen molar-refractivity contribution < 1.29 is 4.79 Å². The molecule has 5 nitrogen and oxygen atoms in total. The first-order valence-corrected chi connectivity index (χ1v) is 8.77. The summed E-state index contributed by atoms with van der Waals surface area (Å²) < 4.78 is 0. The molecule has 0 fully saturated rings. The monoisotopic (exact) mass is 366 g/mol. The summed E-state index contributed by atoms with van der Waals surface area (Å²) in [6.07, 6.45) is 0.471. The first-order valence-electron chi connectivity index (χ1n) is 8.36. The minimum Gasteiger partial charge on any atom is -0.378 e. The third-order valence-electron chi connectivity index (χ3n) is 4.32. The van der Waals surface area contributed by atoms with Crippen LogP contribution < -0.4 is 14.7 Å². The van der Waals surface area contributed by atoms with E-state index < -0.39 is 0 Å². The maximum absolute atomic E-state index is 12.8. The van der Waals surface area contributed by atoms with E-state index in [4.69, 9.17) is 12.2 Å². The fourth-order valence-corrected chi connectivity index (χ4v) is 3.08. The molecule has 1 aliphatic rings. The van der Waals surface area contributed by atoms with Crippen molar-refractivity contribution in [3.05, 3.63) is 54.1 Å². The third-order valence-corrected chi connectivity index (χ3v) is 4.59. The molecule has 0 atom stereocenters.